The van der Waals surface area contributed by atoms with Crippen molar-refractivity contribution in [2.75, 3.05) is 6.54 Å². The van der Waals surface area contributed by atoms with Crippen LogP contribution in [-0.4, -0.2) is 40.2 Å². The zero-order chi connectivity index (χ0) is 18.4. The number of primary amides is 1. The van der Waals surface area contributed by atoms with Crippen LogP contribution in [0, 0.1) is 5.82 Å². The van der Waals surface area contributed by atoms with Crippen molar-refractivity contribution >= 4 is 28.8 Å². The summed E-state index contributed by atoms with van der Waals surface area (Å²) < 4.78 is 14.9. The number of carboxylic acids is 1. The summed E-state index contributed by atoms with van der Waals surface area (Å²) in [6, 6.07) is 4.21. The third kappa shape index (κ3) is 5.20. The topological polar surface area (TPSA) is 126 Å². The van der Waals surface area contributed by atoms with Crippen LogP contribution in [0.15, 0.2) is 30.5 Å². The van der Waals surface area contributed by atoms with Crippen LogP contribution in [0.1, 0.15) is 12.8 Å². The van der Waals surface area contributed by atoms with Gasteiger partial charge in [-0.2, -0.15) is 0 Å². The van der Waals surface area contributed by atoms with E-state index in [-0.39, 0.29) is 19.5 Å². The predicted octanol–water partition coefficient (Wildman–Crippen LogP) is 0.798. The van der Waals surface area contributed by atoms with E-state index >= 15 is 0 Å². The number of halogens is 1. The maximum Gasteiger partial charge on any atom is 0.326 e. The summed E-state index contributed by atoms with van der Waals surface area (Å²) >= 11 is 0. The number of carbonyl (C=O) groups is 3. The average molecular weight is 350 g/mol. The van der Waals surface area contributed by atoms with Crippen LogP contribution in [0.3, 0.4) is 0 Å². The molecule has 1 aromatic heterocycles. The van der Waals surface area contributed by atoms with Crippen LogP contribution < -0.4 is 16.4 Å². The number of nitrogens with two attached hydrogens (primary N) is 1. The lowest BCUT2D eigenvalue weighted by Crippen LogP contribution is -2.42. The molecule has 134 valence electrons. The summed E-state index contributed by atoms with van der Waals surface area (Å²) in [6.45, 7) is 0.0900. The summed E-state index contributed by atoms with van der Waals surface area (Å²) in [5.41, 5.74) is 5.46. The van der Waals surface area contributed by atoms with E-state index in [4.69, 9.17) is 5.73 Å². The van der Waals surface area contributed by atoms with E-state index in [2.05, 4.69) is 10.6 Å². The Morgan fingerprint density at radius 2 is 2.04 bits per heavy atom. The summed E-state index contributed by atoms with van der Waals surface area (Å²) in [5, 5.41) is 14.7. The van der Waals surface area contributed by atoms with Gasteiger partial charge in [-0.05, 0) is 42.5 Å². The number of rotatable bonds is 8. The third-order valence-electron chi connectivity index (χ3n) is 3.65. The number of amides is 3. The van der Waals surface area contributed by atoms with E-state index in [1.807, 2.05) is 0 Å². The fourth-order valence-electron chi connectivity index (χ4n) is 2.46. The lowest BCUT2D eigenvalue weighted by molar-refractivity contribution is -0.142. The Morgan fingerprint density at radius 3 is 2.72 bits per heavy atom. The van der Waals surface area contributed by atoms with Gasteiger partial charge in [0.1, 0.15) is 18.4 Å². The molecule has 8 nitrogen and oxygen atoms in total. The van der Waals surface area contributed by atoms with Gasteiger partial charge in [0, 0.05) is 12.7 Å². The van der Waals surface area contributed by atoms with Crippen LogP contribution in [-0.2, 0) is 16.1 Å². The largest absolute Gasteiger partial charge is 0.480 e. The van der Waals surface area contributed by atoms with Gasteiger partial charge < -0.3 is 26.0 Å². The van der Waals surface area contributed by atoms with Gasteiger partial charge >= 0.3 is 12.0 Å². The van der Waals surface area contributed by atoms with Crippen molar-refractivity contribution in [1.29, 1.82) is 0 Å². The molecule has 1 aromatic carbocycles. The Morgan fingerprint density at radius 1 is 1.28 bits per heavy atom. The predicted molar refractivity (Wildman–Crippen MR) is 88.3 cm³/mol. The van der Waals surface area contributed by atoms with Crippen molar-refractivity contribution in [1.82, 2.24) is 15.2 Å². The van der Waals surface area contributed by atoms with Gasteiger partial charge in [0.15, 0.2) is 0 Å². The quantitative estimate of drug-likeness (QED) is 0.525. The number of benzene rings is 1. The number of fused-ring (bicyclic) bond motifs is 1. The van der Waals surface area contributed by atoms with Crippen LogP contribution in [0.2, 0.25) is 0 Å². The molecule has 1 unspecified atom stereocenters. The number of aliphatic carboxylic acids is 1. The average Bonchev–Trinajstić information content (AvgIpc) is 2.92. The molecule has 1 atom stereocenters. The molecule has 1 heterocycles. The molecule has 3 amide bonds. The second kappa shape index (κ2) is 8.13. The van der Waals surface area contributed by atoms with Crippen molar-refractivity contribution in [3.63, 3.8) is 0 Å². The second-order valence-corrected chi connectivity index (χ2v) is 5.54. The molecule has 0 radical (unpaired) electrons. The minimum absolute atomic E-state index is 0.129. The fraction of sp³-hybridized carbons (Fsp3) is 0.312. The number of aromatic nitrogens is 1. The van der Waals surface area contributed by atoms with Gasteiger partial charge in [0.25, 0.3) is 0 Å². The molecule has 0 spiro atoms. The maximum absolute atomic E-state index is 13.3. The Labute approximate surface area is 142 Å². The monoisotopic (exact) mass is 350 g/mol. The lowest BCUT2D eigenvalue weighted by Gasteiger charge is -2.15. The van der Waals surface area contributed by atoms with E-state index in [9.17, 15) is 23.9 Å². The minimum atomic E-state index is -1.17. The Hall–Kier alpha value is -3.10. The fourth-order valence-corrected chi connectivity index (χ4v) is 2.46. The molecule has 0 aliphatic heterocycles. The molecule has 0 saturated carbocycles. The number of nitrogens with zero attached hydrogens (tertiary/aromatic N) is 1. The minimum Gasteiger partial charge on any atom is -0.480 e. The molecule has 25 heavy (non-hydrogen) atoms. The van der Waals surface area contributed by atoms with Gasteiger partial charge in [-0.3, -0.25) is 4.79 Å². The first kappa shape index (κ1) is 18.2. The molecule has 0 fully saturated rings. The molecule has 2 aromatic rings. The maximum atomic E-state index is 13.3. The number of carboxylic acid groups (broad SMARTS) is 1. The smallest absolute Gasteiger partial charge is 0.326 e. The van der Waals surface area contributed by atoms with Crippen molar-refractivity contribution < 1.29 is 23.9 Å². The second-order valence-electron chi connectivity index (χ2n) is 5.54. The number of hydrogen-bond donors (Lipinski definition) is 4. The zero-order valence-electron chi connectivity index (χ0n) is 13.4. The number of urea groups is 1. The highest BCUT2D eigenvalue weighted by molar-refractivity contribution is 5.86. The molecule has 9 heteroatoms. The lowest BCUT2D eigenvalue weighted by atomic mass is 10.1. The number of hydrogen-bond acceptors (Lipinski definition) is 3. The summed E-state index contributed by atoms with van der Waals surface area (Å²) in [7, 11) is 0. The summed E-state index contributed by atoms with van der Waals surface area (Å²) in [6.07, 6.45) is 2.12. The van der Waals surface area contributed by atoms with Gasteiger partial charge in [0.2, 0.25) is 5.91 Å². The van der Waals surface area contributed by atoms with E-state index in [1.165, 1.54) is 12.1 Å². The molecule has 0 aliphatic rings. The Kier molecular flexibility index (Phi) is 5.93. The highest BCUT2D eigenvalue weighted by atomic mass is 19.1. The van der Waals surface area contributed by atoms with Crippen molar-refractivity contribution in [3.8, 4) is 0 Å². The zero-order valence-corrected chi connectivity index (χ0v) is 13.4. The van der Waals surface area contributed by atoms with E-state index < -0.39 is 29.8 Å². The molecule has 0 saturated heterocycles. The SMILES string of the molecule is NC(=O)NCCCC(NC(=O)Cn1ccc2ccc(F)cc21)C(=O)O. The summed E-state index contributed by atoms with van der Waals surface area (Å²) in [4.78, 5) is 33.9. The first-order chi connectivity index (χ1) is 11.9. The van der Waals surface area contributed by atoms with Gasteiger partial charge in [-0.1, -0.05) is 0 Å². The van der Waals surface area contributed by atoms with Gasteiger partial charge in [-0.25, -0.2) is 14.0 Å². The highest BCUT2D eigenvalue weighted by Crippen LogP contribution is 2.17. The van der Waals surface area contributed by atoms with Gasteiger partial charge in [-0.15, -0.1) is 0 Å². The van der Waals surface area contributed by atoms with E-state index in [0.29, 0.717) is 11.9 Å². The first-order valence-electron chi connectivity index (χ1n) is 7.66. The Balaban J connectivity index is 1.94. The molecule has 0 bridgehead atoms. The van der Waals surface area contributed by atoms with E-state index in [0.717, 1.165) is 5.39 Å². The molecule has 5 N–H and O–H groups in total. The molecule has 2 rings (SSSR count). The molecule has 0 aliphatic carbocycles. The molecular weight excluding hydrogens is 331 g/mol. The highest BCUT2D eigenvalue weighted by Gasteiger charge is 2.20. The van der Waals surface area contributed by atoms with Crippen LogP contribution in [0.5, 0.6) is 0 Å². The standard InChI is InChI=1S/C16H19FN4O4/c17-11-4-3-10-5-7-21(13(10)8-11)9-14(22)20-12(15(23)24)2-1-6-19-16(18)25/h3-5,7-8,12H,1-2,6,9H2,(H,20,22)(H,23,24)(H3,18,19,25). The normalized spacial score (nSPS) is 11.9. The number of carbonyl (C=O) groups excluding carboxylic acids is 2. The van der Waals surface area contributed by atoms with E-state index in [1.54, 1.807) is 22.9 Å². The first-order valence-corrected chi connectivity index (χ1v) is 7.66. The van der Waals surface area contributed by atoms with Crippen molar-refractivity contribution in [2.45, 2.75) is 25.4 Å². The van der Waals surface area contributed by atoms with Crippen LogP contribution in [0.25, 0.3) is 10.9 Å². The number of nitrogens with one attached hydrogen (secondary N) is 2. The van der Waals surface area contributed by atoms with Crippen molar-refractivity contribution in [3.05, 3.63) is 36.3 Å². The van der Waals surface area contributed by atoms with Crippen LogP contribution >= 0.6 is 0 Å². The van der Waals surface area contributed by atoms with Crippen LogP contribution in [0.4, 0.5) is 9.18 Å². The molecular formula is C16H19FN4O4. The van der Waals surface area contributed by atoms with Gasteiger partial charge in [0.05, 0.1) is 5.52 Å². The Bertz CT molecular complexity index is 790. The van der Waals surface area contributed by atoms with Crippen molar-refractivity contribution in [2.24, 2.45) is 5.73 Å². The summed E-state index contributed by atoms with van der Waals surface area (Å²) in [5.74, 6) is -2.09. The third-order valence-corrected chi connectivity index (χ3v) is 3.65.